The van der Waals surface area contributed by atoms with Gasteiger partial charge in [-0.15, -0.1) is 11.3 Å². The molecular weight excluding hydrogens is 329 g/mol. The zero-order chi connectivity index (χ0) is 12.5. The van der Waals surface area contributed by atoms with Crippen molar-refractivity contribution in [2.45, 2.75) is 4.21 Å². The second-order valence-corrected chi connectivity index (χ2v) is 6.93. The van der Waals surface area contributed by atoms with Crippen molar-refractivity contribution in [3.05, 3.63) is 46.0 Å². The fraction of sp³-hybridized carbons (Fsp3) is 0. The van der Waals surface area contributed by atoms with E-state index in [1.54, 1.807) is 11.4 Å². The molecule has 2 rings (SSSR count). The number of rotatable bonds is 3. The number of hydrogen-bond donors (Lipinski definition) is 1. The van der Waals surface area contributed by atoms with E-state index in [0.717, 1.165) is 11.3 Å². The first-order chi connectivity index (χ1) is 7.99. The van der Waals surface area contributed by atoms with Crippen molar-refractivity contribution >= 4 is 43.0 Å². The van der Waals surface area contributed by atoms with Crippen LogP contribution in [0.2, 0.25) is 0 Å². The summed E-state index contributed by atoms with van der Waals surface area (Å²) in [5.74, 6) is -0.617. The average Bonchev–Trinajstić information content (AvgIpc) is 2.77. The third-order valence-electron chi connectivity index (χ3n) is 1.93. The van der Waals surface area contributed by atoms with E-state index in [4.69, 9.17) is 0 Å². The van der Waals surface area contributed by atoms with Gasteiger partial charge in [0.15, 0.2) is 0 Å². The summed E-state index contributed by atoms with van der Waals surface area (Å²) in [4.78, 5) is 0. The van der Waals surface area contributed by atoms with Crippen LogP contribution in [-0.4, -0.2) is 8.42 Å². The van der Waals surface area contributed by atoms with E-state index >= 15 is 0 Å². The van der Waals surface area contributed by atoms with Crippen molar-refractivity contribution in [2.75, 3.05) is 4.72 Å². The maximum absolute atomic E-state index is 13.4. The van der Waals surface area contributed by atoms with Crippen molar-refractivity contribution < 1.29 is 12.8 Å². The van der Waals surface area contributed by atoms with Crippen molar-refractivity contribution in [1.82, 2.24) is 0 Å². The lowest BCUT2D eigenvalue weighted by atomic mass is 10.3. The van der Waals surface area contributed by atoms with E-state index < -0.39 is 15.8 Å². The number of benzene rings is 1. The van der Waals surface area contributed by atoms with E-state index in [9.17, 15) is 12.8 Å². The summed E-state index contributed by atoms with van der Waals surface area (Å²) in [5.41, 5.74) is -0.0761. The van der Waals surface area contributed by atoms with Gasteiger partial charge < -0.3 is 0 Å². The highest BCUT2D eigenvalue weighted by molar-refractivity contribution is 9.10. The molecule has 1 aromatic heterocycles. The second kappa shape index (κ2) is 4.75. The molecule has 0 amide bonds. The Bertz CT molecular complexity index is 626. The predicted molar refractivity (Wildman–Crippen MR) is 69.2 cm³/mol. The number of sulfonamides is 1. The van der Waals surface area contributed by atoms with Gasteiger partial charge in [0.05, 0.1) is 5.69 Å². The molecule has 0 radical (unpaired) electrons. The number of halogens is 2. The molecule has 1 N–H and O–H groups in total. The van der Waals surface area contributed by atoms with Crippen molar-refractivity contribution in [3.8, 4) is 0 Å². The second-order valence-electron chi connectivity index (χ2n) is 3.16. The van der Waals surface area contributed by atoms with Crippen LogP contribution in [0.15, 0.2) is 44.4 Å². The molecule has 1 heterocycles. The SMILES string of the molecule is O=S(=O)(Nc1cc(Br)ccc1F)c1cccs1. The highest BCUT2D eigenvalue weighted by Crippen LogP contribution is 2.24. The van der Waals surface area contributed by atoms with Gasteiger partial charge in [-0.2, -0.15) is 0 Å². The van der Waals surface area contributed by atoms with Gasteiger partial charge in [0, 0.05) is 4.47 Å². The van der Waals surface area contributed by atoms with Crippen LogP contribution in [-0.2, 0) is 10.0 Å². The predicted octanol–water partition coefficient (Wildman–Crippen LogP) is 3.45. The molecular formula is C10H7BrFNO2S2. The summed E-state index contributed by atoms with van der Waals surface area (Å²) < 4.78 is 40.0. The number of hydrogen-bond acceptors (Lipinski definition) is 3. The van der Waals surface area contributed by atoms with Crippen LogP contribution in [0.5, 0.6) is 0 Å². The maximum Gasteiger partial charge on any atom is 0.271 e. The summed E-state index contributed by atoms with van der Waals surface area (Å²) in [6.45, 7) is 0. The van der Waals surface area contributed by atoms with Crippen LogP contribution in [0.1, 0.15) is 0 Å². The summed E-state index contributed by atoms with van der Waals surface area (Å²) >= 11 is 4.23. The minimum absolute atomic E-state index is 0.0761. The van der Waals surface area contributed by atoms with Crippen LogP contribution < -0.4 is 4.72 Å². The Morgan fingerprint density at radius 1 is 1.29 bits per heavy atom. The molecule has 0 fully saturated rings. The quantitative estimate of drug-likeness (QED) is 0.933. The third kappa shape index (κ3) is 2.85. The fourth-order valence-electron chi connectivity index (χ4n) is 1.19. The zero-order valence-corrected chi connectivity index (χ0v) is 11.6. The molecule has 0 aliphatic heterocycles. The molecule has 0 aliphatic carbocycles. The van der Waals surface area contributed by atoms with Crippen molar-refractivity contribution in [2.24, 2.45) is 0 Å². The standard InChI is InChI=1S/C10H7BrFNO2S2/c11-7-3-4-8(12)9(6-7)13-17(14,15)10-2-1-5-16-10/h1-6,13H. The molecule has 0 unspecified atom stereocenters. The largest absolute Gasteiger partial charge is 0.276 e. The summed E-state index contributed by atoms with van der Waals surface area (Å²) in [7, 11) is -3.70. The van der Waals surface area contributed by atoms with Crippen LogP contribution in [0, 0.1) is 5.82 Å². The fourth-order valence-corrected chi connectivity index (χ4v) is 3.60. The van der Waals surface area contributed by atoms with Crippen LogP contribution in [0.4, 0.5) is 10.1 Å². The number of anilines is 1. The van der Waals surface area contributed by atoms with Gasteiger partial charge in [-0.25, -0.2) is 12.8 Å². The smallest absolute Gasteiger partial charge is 0.271 e. The number of thiophene rings is 1. The molecule has 0 spiro atoms. The molecule has 0 atom stereocenters. The van der Waals surface area contributed by atoms with Gasteiger partial charge in [-0.05, 0) is 29.6 Å². The van der Waals surface area contributed by atoms with Gasteiger partial charge in [0.25, 0.3) is 10.0 Å². The summed E-state index contributed by atoms with van der Waals surface area (Å²) in [6, 6.07) is 7.15. The Kier molecular flexibility index (Phi) is 3.50. The van der Waals surface area contributed by atoms with Crippen LogP contribution in [0.25, 0.3) is 0 Å². The highest BCUT2D eigenvalue weighted by Gasteiger charge is 2.17. The first kappa shape index (κ1) is 12.5. The summed E-state index contributed by atoms with van der Waals surface area (Å²) in [6.07, 6.45) is 0. The van der Waals surface area contributed by atoms with E-state index in [1.165, 1.54) is 24.3 Å². The molecule has 3 nitrogen and oxygen atoms in total. The molecule has 0 saturated heterocycles. The first-order valence-electron chi connectivity index (χ1n) is 4.50. The molecule has 0 bridgehead atoms. The monoisotopic (exact) mass is 335 g/mol. The first-order valence-corrected chi connectivity index (χ1v) is 7.66. The third-order valence-corrected chi connectivity index (χ3v) is 5.19. The van der Waals surface area contributed by atoms with E-state index in [1.807, 2.05) is 0 Å². The van der Waals surface area contributed by atoms with Gasteiger partial charge in [0.1, 0.15) is 10.0 Å². The highest BCUT2D eigenvalue weighted by atomic mass is 79.9. The Balaban J connectivity index is 2.36. The van der Waals surface area contributed by atoms with Crippen LogP contribution in [0.3, 0.4) is 0 Å². The lowest BCUT2D eigenvalue weighted by Gasteiger charge is -2.07. The molecule has 1 aromatic carbocycles. The maximum atomic E-state index is 13.4. The van der Waals surface area contributed by atoms with Gasteiger partial charge in [-0.1, -0.05) is 22.0 Å². The van der Waals surface area contributed by atoms with Gasteiger partial charge >= 0.3 is 0 Å². The molecule has 0 saturated carbocycles. The van der Waals surface area contributed by atoms with Gasteiger partial charge in [0.2, 0.25) is 0 Å². The van der Waals surface area contributed by atoms with Gasteiger partial charge in [-0.3, -0.25) is 4.72 Å². The molecule has 90 valence electrons. The van der Waals surface area contributed by atoms with Crippen molar-refractivity contribution in [3.63, 3.8) is 0 Å². The Hall–Kier alpha value is -0.920. The zero-order valence-electron chi connectivity index (χ0n) is 8.35. The minimum atomic E-state index is -3.70. The van der Waals surface area contributed by atoms with Crippen LogP contribution >= 0.6 is 27.3 Å². The Morgan fingerprint density at radius 2 is 2.06 bits per heavy atom. The van der Waals surface area contributed by atoms with E-state index in [2.05, 4.69) is 20.7 Å². The normalized spacial score (nSPS) is 11.4. The van der Waals surface area contributed by atoms with Crippen molar-refractivity contribution in [1.29, 1.82) is 0 Å². The lowest BCUT2D eigenvalue weighted by Crippen LogP contribution is -2.12. The van der Waals surface area contributed by atoms with E-state index in [-0.39, 0.29) is 9.90 Å². The number of nitrogens with one attached hydrogen (secondary N) is 1. The van der Waals surface area contributed by atoms with E-state index in [0.29, 0.717) is 4.47 Å². The Labute approximate surface area is 110 Å². The average molecular weight is 336 g/mol. The lowest BCUT2D eigenvalue weighted by molar-refractivity contribution is 0.600. The molecule has 2 aromatic rings. The topological polar surface area (TPSA) is 46.2 Å². The molecule has 17 heavy (non-hydrogen) atoms. The Morgan fingerprint density at radius 3 is 2.71 bits per heavy atom. The molecule has 0 aliphatic rings. The molecule has 7 heteroatoms. The summed E-state index contributed by atoms with van der Waals surface area (Å²) in [5, 5.41) is 1.64. The minimum Gasteiger partial charge on any atom is -0.276 e.